The number of pyridine rings is 3. The first-order valence-corrected chi connectivity index (χ1v) is 38.5. The first kappa shape index (κ1) is 81.6. The van der Waals surface area contributed by atoms with Gasteiger partial charge < -0.3 is 4.98 Å². The summed E-state index contributed by atoms with van der Waals surface area (Å²) in [6.07, 6.45) is 10.3. The molecule has 0 unspecified atom stereocenters. The van der Waals surface area contributed by atoms with E-state index in [1.807, 2.05) is 73.2 Å². The molecule has 0 bridgehead atoms. The minimum atomic E-state index is 0. The zero-order valence-corrected chi connectivity index (χ0v) is 70.8. The van der Waals surface area contributed by atoms with Gasteiger partial charge in [-0.1, -0.05) is 314 Å². The van der Waals surface area contributed by atoms with Crippen molar-refractivity contribution >= 4 is 15.9 Å². The fourth-order valence-corrected chi connectivity index (χ4v) is 16.4. The van der Waals surface area contributed by atoms with Gasteiger partial charge in [0.05, 0.1) is 11.4 Å². The van der Waals surface area contributed by atoms with Crippen molar-refractivity contribution in [2.45, 2.75) is 186 Å². The Kier molecular flexibility index (Phi) is 26.0. The van der Waals surface area contributed by atoms with Crippen LogP contribution in [0.5, 0.6) is 0 Å². The molecule has 0 N–H and O–H groups in total. The average Bonchev–Trinajstić information content (AvgIpc) is 0.804. The van der Waals surface area contributed by atoms with Gasteiger partial charge in [-0.2, -0.15) is 0 Å². The van der Waals surface area contributed by atoms with Gasteiger partial charge in [0.15, 0.2) is 0 Å². The number of hydrogen-bond acceptors (Lipinski definition) is 3. The van der Waals surface area contributed by atoms with E-state index < -0.39 is 0 Å². The minimum Gasteiger partial charge on any atom is -0.304 e. The van der Waals surface area contributed by atoms with Crippen LogP contribution in [0.3, 0.4) is 0 Å². The quantitative estimate of drug-likeness (QED) is 0.0853. The van der Waals surface area contributed by atoms with Crippen molar-refractivity contribution in [3.63, 3.8) is 0 Å². The van der Waals surface area contributed by atoms with Crippen LogP contribution in [0.25, 0.3) is 101 Å². The predicted octanol–water partition coefficient (Wildman–Crippen LogP) is 29.7. The molecule has 0 atom stereocenters. The molecule has 9 aromatic carbocycles. The Bertz CT molecular complexity index is 4310. The molecule has 549 valence electrons. The van der Waals surface area contributed by atoms with Crippen LogP contribution < -0.4 is 0 Å². The fraction of sp³-hybridized carbons (Fsp3) is 0.317. The third-order valence-corrected chi connectivity index (χ3v) is 20.3. The van der Waals surface area contributed by atoms with E-state index in [-0.39, 0.29) is 63.4 Å². The van der Waals surface area contributed by atoms with Crippen LogP contribution in [0.15, 0.2) is 278 Å². The molecule has 3 aromatic heterocycles. The van der Waals surface area contributed by atoms with Crippen LogP contribution in [0, 0.1) is 27.7 Å². The van der Waals surface area contributed by atoms with Gasteiger partial charge in [0.2, 0.25) is 0 Å². The second kappa shape index (κ2) is 33.8. The molecule has 0 aliphatic heterocycles. The Hall–Kier alpha value is -8.44. The van der Waals surface area contributed by atoms with Gasteiger partial charge in [-0.15, -0.1) is 35.9 Å². The molecule has 5 heteroatoms. The van der Waals surface area contributed by atoms with E-state index in [0.717, 1.165) is 80.6 Å². The van der Waals surface area contributed by atoms with Crippen molar-refractivity contribution in [1.29, 1.82) is 0 Å². The molecule has 12 rings (SSSR count). The number of aromatic nitrogens is 3. The van der Waals surface area contributed by atoms with E-state index in [1.54, 1.807) is 0 Å². The van der Waals surface area contributed by atoms with Crippen molar-refractivity contribution in [3.8, 4) is 101 Å². The average molecular weight is 1640 g/mol. The van der Waals surface area contributed by atoms with Gasteiger partial charge in [0.25, 0.3) is 0 Å². The Morgan fingerprint density at radius 3 is 0.745 bits per heavy atom. The van der Waals surface area contributed by atoms with E-state index in [0.29, 0.717) is 0 Å². The van der Waals surface area contributed by atoms with Gasteiger partial charge in [0.1, 0.15) is 0 Å². The zero-order valence-electron chi connectivity index (χ0n) is 66.9. The van der Waals surface area contributed by atoms with E-state index >= 15 is 0 Å². The van der Waals surface area contributed by atoms with Gasteiger partial charge in [0, 0.05) is 59.9 Å². The van der Waals surface area contributed by atoms with Crippen LogP contribution in [-0.4, -0.2) is 15.0 Å². The van der Waals surface area contributed by atoms with Crippen LogP contribution in [-0.2, 0) is 41.8 Å². The first-order valence-electron chi connectivity index (χ1n) is 37.7. The van der Waals surface area contributed by atoms with Crippen LogP contribution in [0.2, 0.25) is 0 Å². The van der Waals surface area contributed by atoms with Gasteiger partial charge in [-0.05, 0) is 229 Å². The third-order valence-electron chi connectivity index (χ3n) is 19.8. The molecule has 0 aliphatic carbocycles. The molecule has 106 heavy (non-hydrogen) atoms. The van der Waals surface area contributed by atoms with E-state index in [4.69, 9.17) is 9.97 Å². The van der Waals surface area contributed by atoms with Gasteiger partial charge in [-0.3, -0.25) is 9.97 Å². The second-order valence-corrected chi connectivity index (χ2v) is 37.5. The monoisotopic (exact) mass is 1640 g/mol. The summed E-state index contributed by atoms with van der Waals surface area (Å²) in [6, 6.07) is 95.4. The number of rotatable bonds is 17. The largest absolute Gasteiger partial charge is 0.304 e. The third kappa shape index (κ3) is 22.8. The maximum atomic E-state index is 4.87. The number of hydrogen-bond donors (Lipinski definition) is 0. The molecule has 12 aromatic rings. The standard InChI is InChI=1S/C45H53N.C45H52N.C11H8BrN.Ir/c2*1-42(2,3)30-44(7,8)39-21-16-32(17-22-39)36-26-37(33-18-23-40(24-19-33)45(9,10)31-43(4,5)6)28-38(27-36)35-20-25-41(46-29-35)34-14-12-11-13-15-34;12-10-6-7-11(13-8-10)9-4-2-1-3-5-9;/h11-29H,30-31H2,1-10H3;11-14,16-29H,30-31H2,1-10H3;1-8H;/q;-1;;. The Morgan fingerprint density at radius 1 is 0.245 bits per heavy atom. The Balaban J connectivity index is 0.000000207. The summed E-state index contributed by atoms with van der Waals surface area (Å²) in [6.45, 7) is 46.9. The zero-order chi connectivity index (χ0) is 75.8. The van der Waals surface area contributed by atoms with Gasteiger partial charge >= 0.3 is 0 Å². The number of halogens is 1. The van der Waals surface area contributed by atoms with Crippen LogP contribution in [0.4, 0.5) is 0 Å². The van der Waals surface area contributed by atoms with E-state index in [9.17, 15) is 0 Å². The molecule has 0 amide bonds. The van der Waals surface area contributed by atoms with Crippen molar-refractivity contribution in [1.82, 2.24) is 15.0 Å². The normalized spacial score (nSPS) is 12.3. The number of benzene rings is 9. The van der Waals surface area contributed by atoms with E-state index in [1.165, 1.54) is 72.3 Å². The summed E-state index contributed by atoms with van der Waals surface area (Å²) in [5.74, 6) is 0. The molecule has 1 radical (unpaired) electrons. The van der Waals surface area contributed by atoms with Crippen molar-refractivity contribution in [2.75, 3.05) is 0 Å². The maximum Gasteiger partial charge on any atom is 0.0702 e. The molecule has 3 heterocycles. The first-order chi connectivity index (χ1) is 49.3. The second-order valence-electron chi connectivity index (χ2n) is 36.6. The SMILES string of the molecule is Brc1ccc(-c2ccccc2)nc1.CC(C)(C)CC(C)(C)c1ccc(-c2cc(-c3ccc(C(C)(C)CC(C)(C)C)cc3)cc(-c3ccc(-c4[c-]cccc4)nc3)c2)cc1.CC(C)(C)CC(C)(C)c1ccc(-c2cc(-c3ccc(C(C)(C)CC(C)(C)C)cc3)cc(-c3ccc(-c4ccccc4)nc3)c2)cc1.[Ir]. The maximum absolute atomic E-state index is 4.87. The molecular weight excluding hydrogens is 1530 g/mol. The van der Waals surface area contributed by atoms with Gasteiger partial charge in [-0.25, -0.2) is 0 Å². The summed E-state index contributed by atoms with van der Waals surface area (Å²) in [5, 5.41) is 0. The minimum absolute atomic E-state index is 0. The molecule has 0 saturated carbocycles. The Labute approximate surface area is 660 Å². The summed E-state index contributed by atoms with van der Waals surface area (Å²) in [7, 11) is 0. The van der Waals surface area contributed by atoms with Crippen molar-refractivity contribution in [2.24, 2.45) is 21.7 Å². The summed E-state index contributed by atoms with van der Waals surface area (Å²) in [4.78, 5) is 14.0. The predicted molar refractivity (Wildman–Crippen MR) is 457 cm³/mol. The fourth-order valence-electron chi connectivity index (χ4n) is 16.2. The summed E-state index contributed by atoms with van der Waals surface area (Å²) >= 11 is 3.36. The van der Waals surface area contributed by atoms with Crippen LogP contribution >= 0.6 is 15.9 Å². The molecule has 0 aliphatic rings. The topological polar surface area (TPSA) is 38.7 Å². The van der Waals surface area contributed by atoms with Crippen LogP contribution in [0.1, 0.15) is 186 Å². The Morgan fingerprint density at radius 2 is 0.500 bits per heavy atom. The molecule has 0 fully saturated rings. The smallest absolute Gasteiger partial charge is 0.0702 e. The van der Waals surface area contributed by atoms with Crippen molar-refractivity contribution in [3.05, 3.63) is 306 Å². The molecular formula is C101H113BrIrN3-. The summed E-state index contributed by atoms with van der Waals surface area (Å²) < 4.78 is 1.01. The van der Waals surface area contributed by atoms with Crippen molar-refractivity contribution < 1.29 is 20.1 Å². The number of nitrogens with zero attached hydrogens (tertiary/aromatic N) is 3. The molecule has 0 saturated heterocycles. The molecule has 3 nitrogen and oxygen atoms in total. The molecule has 0 spiro atoms. The summed E-state index contributed by atoms with van der Waals surface area (Å²) in [5.41, 5.74) is 27.6. The van der Waals surface area contributed by atoms with E-state index in [2.05, 4.69) is 366 Å².